The van der Waals surface area contributed by atoms with E-state index in [2.05, 4.69) is 4.74 Å². The quantitative estimate of drug-likeness (QED) is 0.549. The zero-order valence-corrected chi connectivity index (χ0v) is 17.9. The molecule has 0 saturated heterocycles. The van der Waals surface area contributed by atoms with Gasteiger partial charge in [-0.2, -0.15) is 18.3 Å². The first-order valence-corrected chi connectivity index (χ1v) is 10.5. The van der Waals surface area contributed by atoms with E-state index >= 15 is 0 Å². The molecule has 4 rings (SSSR count). The Balaban J connectivity index is 1.62. The molecule has 1 aliphatic heterocycles. The maximum atomic E-state index is 12.5. The van der Waals surface area contributed by atoms with Gasteiger partial charge in [-0.05, 0) is 49.1 Å². The zero-order chi connectivity index (χ0) is 22.9. The van der Waals surface area contributed by atoms with E-state index in [1.807, 2.05) is 59.6 Å². The second-order valence-electron chi connectivity index (χ2n) is 8.39. The lowest BCUT2D eigenvalue weighted by atomic mass is 9.83. The number of hydrogen-bond donors (Lipinski definition) is 0. The largest absolute Gasteiger partial charge is 0.497 e. The van der Waals surface area contributed by atoms with Crippen molar-refractivity contribution >= 4 is 17.4 Å². The van der Waals surface area contributed by atoms with Crippen LogP contribution in [0.4, 0.5) is 18.9 Å². The van der Waals surface area contributed by atoms with Crippen LogP contribution in [0.15, 0.2) is 59.7 Å². The number of ether oxygens (including phenoxy) is 2. The molecule has 2 aliphatic rings. The van der Waals surface area contributed by atoms with Crippen LogP contribution in [0, 0.1) is 11.3 Å². The number of hydrogen-bond acceptors (Lipinski definition) is 5. The summed E-state index contributed by atoms with van der Waals surface area (Å²) in [5.74, 6) is -0.839. The Morgan fingerprint density at radius 3 is 2.38 bits per heavy atom. The number of carbonyl (C=O) groups excluding carboxylic acids is 1. The highest BCUT2D eigenvalue weighted by Crippen LogP contribution is 2.58. The lowest BCUT2D eigenvalue weighted by Gasteiger charge is -2.30. The predicted octanol–water partition coefficient (Wildman–Crippen LogP) is 5.20. The SMILES string of the molecule is COc1ccc(N2N=C(c3ccccc3)C3(CC3)C2CC(C)C(=O)OCC(F)(F)F)cc1. The molecule has 1 spiro atoms. The molecule has 0 radical (unpaired) electrons. The van der Waals surface area contributed by atoms with Gasteiger partial charge >= 0.3 is 12.1 Å². The van der Waals surface area contributed by atoms with Gasteiger partial charge < -0.3 is 9.47 Å². The Bertz CT molecular complexity index is 986. The van der Waals surface area contributed by atoms with Gasteiger partial charge in [0.15, 0.2) is 6.61 Å². The third kappa shape index (κ3) is 4.45. The summed E-state index contributed by atoms with van der Waals surface area (Å²) in [5.41, 5.74) is 2.57. The van der Waals surface area contributed by atoms with Crippen molar-refractivity contribution in [3.8, 4) is 5.75 Å². The summed E-state index contributed by atoms with van der Waals surface area (Å²) < 4.78 is 47.2. The zero-order valence-electron chi connectivity index (χ0n) is 17.9. The van der Waals surface area contributed by atoms with Crippen molar-refractivity contribution in [2.75, 3.05) is 18.7 Å². The van der Waals surface area contributed by atoms with E-state index in [0.717, 1.165) is 29.8 Å². The fourth-order valence-corrected chi connectivity index (χ4v) is 4.34. The summed E-state index contributed by atoms with van der Waals surface area (Å²) in [6, 6.07) is 17.2. The van der Waals surface area contributed by atoms with E-state index in [1.54, 1.807) is 14.0 Å². The van der Waals surface area contributed by atoms with Crippen molar-refractivity contribution in [1.29, 1.82) is 0 Å². The molecule has 32 heavy (non-hydrogen) atoms. The van der Waals surface area contributed by atoms with Crippen molar-refractivity contribution in [2.24, 2.45) is 16.4 Å². The first-order valence-electron chi connectivity index (χ1n) is 10.5. The molecule has 1 saturated carbocycles. The van der Waals surface area contributed by atoms with Gasteiger partial charge in [0.2, 0.25) is 0 Å². The molecule has 0 amide bonds. The Labute approximate surface area is 184 Å². The highest BCUT2D eigenvalue weighted by molar-refractivity contribution is 6.09. The van der Waals surface area contributed by atoms with Crippen LogP contribution < -0.4 is 9.75 Å². The van der Waals surface area contributed by atoms with E-state index in [9.17, 15) is 18.0 Å². The number of methoxy groups -OCH3 is 1. The van der Waals surface area contributed by atoms with Crippen molar-refractivity contribution < 1.29 is 27.4 Å². The summed E-state index contributed by atoms with van der Waals surface area (Å²) in [7, 11) is 1.59. The average molecular weight is 446 g/mol. The lowest BCUT2D eigenvalue weighted by Crippen LogP contribution is -2.38. The molecule has 2 aromatic carbocycles. The lowest BCUT2D eigenvalue weighted by molar-refractivity contribution is -0.189. The van der Waals surface area contributed by atoms with Gasteiger partial charge in [0.1, 0.15) is 5.75 Å². The van der Waals surface area contributed by atoms with Crippen LogP contribution in [0.1, 0.15) is 31.7 Å². The average Bonchev–Trinajstić information content (AvgIpc) is 3.52. The molecule has 170 valence electrons. The number of rotatable bonds is 7. The summed E-state index contributed by atoms with van der Waals surface area (Å²) in [5, 5.41) is 6.86. The van der Waals surface area contributed by atoms with Crippen LogP contribution in [-0.2, 0) is 9.53 Å². The Hall–Kier alpha value is -3.03. The molecule has 2 aromatic rings. The van der Waals surface area contributed by atoms with Gasteiger partial charge in [-0.15, -0.1) is 0 Å². The molecule has 1 fully saturated rings. The highest BCUT2D eigenvalue weighted by Gasteiger charge is 2.60. The van der Waals surface area contributed by atoms with Gasteiger partial charge in [-0.1, -0.05) is 37.3 Å². The van der Waals surface area contributed by atoms with Gasteiger partial charge in [-0.25, -0.2) is 0 Å². The number of esters is 1. The van der Waals surface area contributed by atoms with Crippen LogP contribution in [0.2, 0.25) is 0 Å². The molecule has 2 atom stereocenters. The van der Waals surface area contributed by atoms with Crippen LogP contribution in [0.3, 0.4) is 0 Å². The van der Waals surface area contributed by atoms with Crippen LogP contribution in [0.25, 0.3) is 0 Å². The minimum atomic E-state index is -4.54. The molecule has 8 heteroatoms. The molecular weight excluding hydrogens is 421 g/mol. The molecule has 0 aromatic heterocycles. The monoisotopic (exact) mass is 446 g/mol. The standard InChI is InChI=1S/C24H25F3N2O3/c1-16(22(30)32-15-24(25,26)27)14-20-23(12-13-23)21(17-6-4-3-5-7-17)28-29(20)18-8-10-19(31-2)11-9-18/h3-11,16,20H,12-15H2,1-2H3. The Morgan fingerprint density at radius 1 is 1.16 bits per heavy atom. The molecule has 0 N–H and O–H groups in total. The normalized spacial score (nSPS) is 20.1. The van der Waals surface area contributed by atoms with E-state index in [-0.39, 0.29) is 11.5 Å². The van der Waals surface area contributed by atoms with E-state index < -0.39 is 24.7 Å². The second-order valence-corrected chi connectivity index (χ2v) is 8.39. The molecule has 5 nitrogen and oxygen atoms in total. The Morgan fingerprint density at radius 2 is 1.81 bits per heavy atom. The van der Waals surface area contributed by atoms with Crippen molar-refractivity contribution in [1.82, 2.24) is 0 Å². The van der Waals surface area contributed by atoms with Gasteiger partial charge in [0, 0.05) is 5.41 Å². The van der Waals surface area contributed by atoms with E-state index in [1.165, 1.54) is 0 Å². The maximum Gasteiger partial charge on any atom is 0.422 e. The fraction of sp³-hybridized carbons (Fsp3) is 0.417. The number of hydrazone groups is 1. The minimum absolute atomic E-state index is 0.167. The highest BCUT2D eigenvalue weighted by atomic mass is 19.4. The summed E-state index contributed by atoms with van der Waals surface area (Å²) >= 11 is 0. The second kappa shape index (κ2) is 8.48. The third-order valence-corrected chi connectivity index (χ3v) is 6.14. The molecule has 2 unspecified atom stereocenters. The van der Waals surface area contributed by atoms with Crippen LogP contribution in [0.5, 0.6) is 5.75 Å². The molecule has 1 heterocycles. The summed E-state index contributed by atoms with van der Waals surface area (Å²) in [6.45, 7) is 0.0431. The topological polar surface area (TPSA) is 51.1 Å². The van der Waals surface area contributed by atoms with Gasteiger partial charge in [0.05, 0.1) is 30.5 Å². The minimum Gasteiger partial charge on any atom is -0.497 e. The maximum absolute atomic E-state index is 12.5. The third-order valence-electron chi connectivity index (χ3n) is 6.14. The molecule has 1 aliphatic carbocycles. The number of anilines is 1. The first kappa shape index (κ1) is 22.2. The number of alkyl halides is 3. The summed E-state index contributed by atoms with van der Waals surface area (Å²) in [6.07, 6.45) is -2.40. The predicted molar refractivity (Wildman–Crippen MR) is 115 cm³/mol. The first-order chi connectivity index (χ1) is 15.2. The van der Waals surface area contributed by atoms with E-state index in [0.29, 0.717) is 12.2 Å². The van der Waals surface area contributed by atoms with Crippen LogP contribution >= 0.6 is 0 Å². The van der Waals surface area contributed by atoms with Gasteiger partial charge in [0.25, 0.3) is 0 Å². The summed E-state index contributed by atoms with van der Waals surface area (Å²) in [4.78, 5) is 12.3. The number of nitrogens with zero attached hydrogens (tertiary/aromatic N) is 2. The van der Waals surface area contributed by atoms with Gasteiger partial charge in [-0.3, -0.25) is 9.80 Å². The van der Waals surface area contributed by atoms with E-state index in [4.69, 9.17) is 9.84 Å². The van der Waals surface area contributed by atoms with Crippen LogP contribution in [-0.4, -0.2) is 37.6 Å². The van der Waals surface area contributed by atoms with Crippen molar-refractivity contribution in [2.45, 2.75) is 38.4 Å². The Kier molecular flexibility index (Phi) is 5.88. The number of carbonyl (C=O) groups is 1. The number of halogens is 3. The number of benzene rings is 2. The molecule has 0 bridgehead atoms. The van der Waals surface area contributed by atoms with Crippen molar-refractivity contribution in [3.63, 3.8) is 0 Å². The fourth-order valence-electron chi connectivity index (χ4n) is 4.34. The molecular formula is C24H25F3N2O3. The smallest absolute Gasteiger partial charge is 0.422 e. The van der Waals surface area contributed by atoms with Crippen molar-refractivity contribution in [3.05, 3.63) is 60.2 Å².